The van der Waals surface area contributed by atoms with Crippen LogP contribution >= 0.6 is 15.9 Å². The van der Waals surface area contributed by atoms with E-state index in [1.165, 1.54) is 7.11 Å². The molecule has 5 nitrogen and oxygen atoms in total. The molecule has 0 bridgehead atoms. The molecule has 0 heterocycles. The molecule has 0 spiro atoms. The van der Waals surface area contributed by atoms with E-state index >= 15 is 0 Å². The van der Waals surface area contributed by atoms with E-state index in [1.54, 1.807) is 43.5 Å². The van der Waals surface area contributed by atoms with Gasteiger partial charge in [-0.1, -0.05) is 28.1 Å². The SMILES string of the molecule is COc1ccccc1Oc1ccc(NC(=O)c2cc(Br)ccc2OC)cc1. The third-order valence-electron chi connectivity index (χ3n) is 3.82. The van der Waals surface area contributed by atoms with Crippen molar-refractivity contribution in [1.29, 1.82) is 0 Å². The molecule has 0 radical (unpaired) electrons. The van der Waals surface area contributed by atoms with Gasteiger partial charge in [-0.2, -0.15) is 0 Å². The Morgan fingerprint density at radius 3 is 2.19 bits per heavy atom. The van der Waals surface area contributed by atoms with E-state index in [2.05, 4.69) is 21.2 Å². The van der Waals surface area contributed by atoms with Crippen molar-refractivity contribution < 1.29 is 19.0 Å². The number of hydrogen-bond acceptors (Lipinski definition) is 4. The maximum Gasteiger partial charge on any atom is 0.259 e. The highest BCUT2D eigenvalue weighted by molar-refractivity contribution is 9.10. The van der Waals surface area contributed by atoms with Gasteiger partial charge in [-0.15, -0.1) is 0 Å². The fourth-order valence-electron chi connectivity index (χ4n) is 2.49. The molecule has 0 aliphatic rings. The summed E-state index contributed by atoms with van der Waals surface area (Å²) >= 11 is 3.37. The third-order valence-corrected chi connectivity index (χ3v) is 4.31. The average Bonchev–Trinajstić information content (AvgIpc) is 2.69. The van der Waals surface area contributed by atoms with Gasteiger partial charge in [0.15, 0.2) is 11.5 Å². The molecule has 3 rings (SSSR count). The van der Waals surface area contributed by atoms with E-state index in [9.17, 15) is 4.79 Å². The van der Waals surface area contributed by atoms with Gasteiger partial charge < -0.3 is 19.5 Å². The summed E-state index contributed by atoms with van der Waals surface area (Å²) in [5, 5.41) is 2.85. The first-order valence-electron chi connectivity index (χ1n) is 8.16. The van der Waals surface area contributed by atoms with Crippen molar-refractivity contribution in [2.45, 2.75) is 0 Å². The van der Waals surface area contributed by atoms with Crippen molar-refractivity contribution in [3.8, 4) is 23.0 Å². The Bertz CT molecular complexity index is 941. The Hall–Kier alpha value is -2.99. The molecule has 1 N–H and O–H groups in total. The van der Waals surface area contributed by atoms with Gasteiger partial charge in [0, 0.05) is 10.2 Å². The highest BCUT2D eigenvalue weighted by Crippen LogP contribution is 2.31. The van der Waals surface area contributed by atoms with E-state index in [0.717, 1.165) is 4.47 Å². The molecule has 0 aromatic heterocycles. The second kappa shape index (κ2) is 8.60. The number of anilines is 1. The lowest BCUT2D eigenvalue weighted by molar-refractivity contribution is 0.102. The number of amides is 1. The molecule has 0 atom stereocenters. The molecule has 27 heavy (non-hydrogen) atoms. The van der Waals surface area contributed by atoms with E-state index < -0.39 is 0 Å². The summed E-state index contributed by atoms with van der Waals surface area (Å²) in [6.45, 7) is 0. The standard InChI is InChI=1S/C21H18BrNO4/c1-25-18-12-7-14(22)13-17(18)21(24)23-15-8-10-16(11-9-15)27-20-6-4-3-5-19(20)26-2/h3-13H,1-2H3,(H,23,24). The molecular weight excluding hydrogens is 410 g/mol. The monoisotopic (exact) mass is 427 g/mol. The molecule has 138 valence electrons. The number of carbonyl (C=O) groups excluding carboxylic acids is 1. The highest BCUT2D eigenvalue weighted by atomic mass is 79.9. The zero-order valence-corrected chi connectivity index (χ0v) is 16.4. The lowest BCUT2D eigenvalue weighted by atomic mass is 10.2. The lowest BCUT2D eigenvalue weighted by Gasteiger charge is -2.12. The number of carbonyl (C=O) groups is 1. The maximum atomic E-state index is 12.5. The van der Waals surface area contributed by atoms with E-state index in [-0.39, 0.29) is 5.91 Å². The highest BCUT2D eigenvalue weighted by Gasteiger charge is 2.13. The number of ether oxygens (including phenoxy) is 3. The topological polar surface area (TPSA) is 56.8 Å². The molecule has 1 amide bonds. The number of methoxy groups -OCH3 is 2. The minimum Gasteiger partial charge on any atom is -0.496 e. The summed E-state index contributed by atoms with van der Waals surface area (Å²) in [7, 11) is 3.13. The predicted octanol–water partition coefficient (Wildman–Crippen LogP) is 5.51. The molecule has 0 aliphatic carbocycles. The van der Waals surface area contributed by atoms with E-state index in [4.69, 9.17) is 14.2 Å². The Balaban J connectivity index is 1.72. The van der Waals surface area contributed by atoms with Crippen LogP contribution in [0.1, 0.15) is 10.4 Å². The van der Waals surface area contributed by atoms with Crippen LogP contribution in [0.4, 0.5) is 5.69 Å². The number of halogens is 1. The lowest BCUT2D eigenvalue weighted by Crippen LogP contribution is -2.13. The van der Waals surface area contributed by atoms with Gasteiger partial charge in [0.1, 0.15) is 11.5 Å². The van der Waals surface area contributed by atoms with Crippen molar-refractivity contribution in [3.05, 3.63) is 76.8 Å². The van der Waals surface area contributed by atoms with Gasteiger partial charge in [0.05, 0.1) is 19.8 Å². The summed E-state index contributed by atoms with van der Waals surface area (Å²) < 4.78 is 17.2. The van der Waals surface area contributed by atoms with Crippen molar-refractivity contribution >= 4 is 27.5 Å². The molecule has 0 saturated heterocycles. The fraction of sp³-hybridized carbons (Fsp3) is 0.0952. The second-order valence-electron chi connectivity index (χ2n) is 5.58. The molecule has 3 aromatic carbocycles. The first-order valence-corrected chi connectivity index (χ1v) is 8.96. The minimum absolute atomic E-state index is 0.258. The first kappa shape index (κ1) is 18.8. The van der Waals surface area contributed by atoms with Crippen molar-refractivity contribution in [2.24, 2.45) is 0 Å². The number of hydrogen-bond donors (Lipinski definition) is 1. The van der Waals surface area contributed by atoms with Gasteiger partial charge >= 0.3 is 0 Å². The van der Waals surface area contributed by atoms with Gasteiger partial charge in [0.25, 0.3) is 5.91 Å². The number of rotatable bonds is 6. The van der Waals surface area contributed by atoms with Crippen molar-refractivity contribution in [2.75, 3.05) is 19.5 Å². The second-order valence-corrected chi connectivity index (χ2v) is 6.49. The van der Waals surface area contributed by atoms with Gasteiger partial charge in [-0.3, -0.25) is 4.79 Å². The van der Waals surface area contributed by atoms with Crippen LogP contribution in [0.15, 0.2) is 71.2 Å². The molecule has 0 unspecified atom stereocenters. The summed E-state index contributed by atoms with van der Waals surface area (Å²) in [5.74, 6) is 2.16. The van der Waals surface area contributed by atoms with Crippen LogP contribution in [-0.4, -0.2) is 20.1 Å². The molecule has 0 saturated carbocycles. The Morgan fingerprint density at radius 1 is 0.852 bits per heavy atom. The predicted molar refractivity (Wildman–Crippen MR) is 108 cm³/mol. The van der Waals surface area contributed by atoms with Crippen LogP contribution in [0.5, 0.6) is 23.0 Å². The van der Waals surface area contributed by atoms with E-state index in [1.807, 2.05) is 30.3 Å². The molecule has 6 heteroatoms. The van der Waals surface area contributed by atoms with Crippen LogP contribution in [0.3, 0.4) is 0 Å². The van der Waals surface area contributed by atoms with Crippen LogP contribution in [-0.2, 0) is 0 Å². The summed E-state index contributed by atoms with van der Waals surface area (Å²) in [4.78, 5) is 12.5. The van der Waals surface area contributed by atoms with Crippen molar-refractivity contribution in [1.82, 2.24) is 0 Å². The Kier molecular flexibility index (Phi) is 5.98. The summed E-state index contributed by atoms with van der Waals surface area (Å²) in [5.41, 5.74) is 1.09. The van der Waals surface area contributed by atoms with Gasteiger partial charge in [-0.25, -0.2) is 0 Å². The molecule has 0 aliphatic heterocycles. The third kappa shape index (κ3) is 4.60. The molecule has 3 aromatic rings. The van der Waals surface area contributed by atoms with Crippen LogP contribution in [0.2, 0.25) is 0 Å². The van der Waals surface area contributed by atoms with Crippen molar-refractivity contribution in [3.63, 3.8) is 0 Å². The largest absolute Gasteiger partial charge is 0.496 e. The number of nitrogens with one attached hydrogen (secondary N) is 1. The minimum atomic E-state index is -0.258. The van der Waals surface area contributed by atoms with Gasteiger partial charge in [0.2, 0.25) is 0 Å². The number of para-hydroxylation sites is 2. The first-order chi connectivity index (χ1) is 13.1. The quantitative estimate of drug-likeness (QED) is 0.563. The van der Waals surface area contributed by atoms with Gasteiger partial charge in [-0.05, 0) is 54.6 Å². The number of benzene rings is 3. The smallest absolute Gasteiger partial charge is 0.259 e. The zero-order chi connectivity index (χ0) is 19.2. The maximum absolute atomic E-state index is 12.5. The Morgan fingerprint density at radius 2 is 1.52 bits per heavy atom. The average molecular weight is 428 g/mol. The normalized spacial score (nSPS) is 10.2. The van der Waals surface area contributed by atoms with E-state index in [0.29, 0.717) is 34.2 Å². The van der Waals surface area contributed by atoms with Crippen LogP contribution < -0.4 is 19.5 Å². The molecular formula is C21H18BrNO4. The molecule has 0 fully saturated rings. The summed E-state index contributed by atoms with van der Waals surface area (Å²) in [6.07, 6.45) is 0. The Labute approximate surface area is 166 Å². The summed E-state index contributed by atoms with van der Waals surface area (Å²) in [6, 6.07) is 19.8. The van der Waals surface area contributed by atoms with Crippen LogP contribution in [0.25, 0.3) is 0 Å². The fourth-order valence-corrected chi connectivity index (χ4v) is 2.85. The zero-order valence-electron chi connectivity index (χ0n) is 14.9. The van der Waals surface area contributed by atoms with Crippen LogP contribution in [0, 0.1) is 0 Å².